The highest BCUT2D eigenvalue weighted by atomic mass is 14.9. The van der Waals surface area contributed by atoms with E-state index < -0.39 is 0 Å². The first kappa shape index (κ1) is 31.1. The van der Waals surface area contributed by atoms with Gasteiger partial charge in [-0.05, 0) is 96.4 Å². The molecule has 0 amide bonds. The van der Waals surface area contributed by atoms with Gasteiger partial charge in [0.25, 0.3) is 0 Å². The summed E-state index contributed by atoms with van der Waals surface area (Å²) in [6.07, 6.45) is 0. The van der Waals surface area contributed by atoms with Gasteiger partial charge in [-0.15, -0.1) is 0 Å². The van der Waals surface area contributed by atoms with Crippen molar-refractivity contribution in [2.45, 2.75) is 19.3 Å². The van der Waals surface area contributed by atoms with Gasteiger partial charge in [0.2, 0.25) is 0 Å². The molecule has 8 aromatic carbocycles. The molecule has 0 fully saturated rings. The van der Waals surface area contributed by atoms with Gasteiger partial charge >= 0.3 is 0 Å². The summed E-state index contributed by atoms with van der Waals surface area (Å²) in [5.74, 6) is 0.722. The largest absolute Gasteiger partial charge is 0.228 e. The smallest absolute Gasteiger partial charge is 0.160 e. The monoisotopic (exact) mass is 676 g/mol. The molecule has 1 aromatic heterocycles. The van der Waals surface area contributed by atoms with Crippen LogP contribution < -0.4 is 0 Å². The summed E-state index contributed by atoms with van der Waals surface area (Å²) in [4.78, 5) is 10.5. The third-order valence-electron chi connectivity index (χ3n) is 11.1. The average molecular weight is 677 g/mol. The Morgan fingerprint density at radius 3 is 1.62 bits per heavy atom. The maximum atomic E-state index is 5.29. The lowest BCUT2D eigenvalue weighted by Gasteiger charge is -2.22. The maximum Gasteiger partial charge on any atom is 0.160 e. The van der Waals surface area contributed by atoms with Crippen molar-refractivity contribution in [2.75, 3.05) is 0 Å². The first-order chi connectivity index (χ1) is 26.0. The van der Waals surface area contributed by atoms with Crippen LogP contribution in [0.5, 0.6) is 0 Å². The van der Waals surface area contributed by atoms with Crippen molar-refractivity contribution in [3.63, 3.8) is 0 Å². The van der Waals surface area contributed by atoms with Gasteiger partial charge in [-0.2, -0.15) is 0 Å². The second-order valence-corrected chi connectivity index (χ2v) is 14.6. The Balaban J connectivity index is 1.12. The highest BCUT2D eigenvalue weighted by Crippen LogP contribution is 2.53. The summed E-state index contributed by atoms with van der Waals surface area (Å²) in [6, 6.07) is 65.4. The minimum atomic E-state index is -0.137. The van der Waals surface area contributed by atoms with E-state index in [-0.39, 0.29) is 5.41 Å². The molecule has 0 spiro atoms. The molecule has 1 heterocycles. The molecule has 0 unspecified atom stereocenters. The van der Waals surface area contributed by atoms with E-state index in [4.69, 9.17) is 9.97 Å². The Labute approximate surface area is 310 Å². The van der Waals surface area contributed by atoms with Crippen LogP contribution in [0.15, 0.2) is 182 Å². The van der Waals surface area contributed by atoms with Gasteiger partial charge in [0.1, 0.15) is 0 Å². The highest BCUT2D eigenvalue weighted by Gasteiger charge is 2.37. The Kier molecular flexibility index (Phi) is 7.19. The van der Waals surface area contributed by atoms with Crippen LogP contribution >= 0.6 is 0 Å². The molecule has 9 aromatic rings. The minimum absolute atomic E-state index is 0.137. The summed E-state index contributed by atoms with van der Waals surface area (Å²) in [7, 11) is 0. The predicted octanol–water partition coefficient (Wildman–Crippen LogP) is 13.4. The van der Waals surface area contributed by atoms with E-state index in [0.29, 0.717) is 0 Å². The van der Waals surface area contributed by atoms with Gasteiger partial charge < -0.3 is 0 Å². The Bertz CT molecular complexity index is 2850. The van der Waals surface area contributed by atoms with Gasteiger partial charge in [0.15, 0.2) is 5.82 Å². The van der Waals surface area contributed by atoms with Gasteiger partial charge in [-0.25, -0.2) is 9.97 Å². The van der Waals surface area contributed by atoms with Crippen molar-refractivity contribution in [3.8, 4) is 67.3 Å². The number of fused-ring (bicyclic) bond motifs is 5. The van der Waals surface area contributed by atoms with Crippen LogP contribution in [0.4, 0.5) is 0 Å². The summed E-state index contributed by atoms with van der Waals surface area (Å²) in [5, 5.41) is 4.89. The van der Waals surface area contributed by atoms with Gasteiger partial charge in [-0.1, -0.05) is 166 Å². The maximum absolute atomic E-state index is 5.29. The molecular formula is C51H36N2. The predicted molar refractivity (Wildman–Crippen MR) is 222 cm³/mol. The van der Waals surface area contributed by atoms with Crippen molar-refractivity contribution in [1.29, 1.82) is 0 Å². The van der Waals surface area contributed by atoms with Crippen molar-refractivity contribution < 1.29 is 0 Å². The number of hydrogen-bond acceptors (Lipinski definition) is 2. The number of rotatable bonds is 5. The molecule has 250 valence electrons. The van der Waals surface area contributed by atoms with E-state index in [2.05, 4.69) is 190 Å². The number of hydrogen-bond donors (Lipinski definition) is 0. The summed E-state index contributed by atoms with van der Waals surface area (Å²) >= 11 is 0. The molecule has 0 saturated heterocycles. The molecular weight excluding hydrogens is 641 g/mol. The highest BCUT2D eigenvalue weighted by molar-refractivity contribution is 5.99. The zero-order valence-corrected chi connectivity index (χ0v) is 29.7. The second-order valence-electron chi connectivity index (χ2n) is 14.6. The lowest BCUT2D eigenvalue weighted by Crippen LogP contribution is -2.14. The second kappa shape index (κ2) is 12.3. The van der Waals surface area contributed by atoms with Crippen molar-refractivity contribution >= 4 is 21.5 Å². The van der Waals surface area contributed by atoms with Crippen molar-refractivity contribution in [3.05, 3.63) is 193 Å². The van der Waals surface area contributed by atoms with Crippen molar-refractivity contribution in [1.82, 2.24) is 9.97 Å². The lowest BCUT2D eigenvalue weighted by molar-refractivity contribution is 0.661. The number of benzene rings is 8. The molecule has 1 aliphatic rings. The summed E-state index contributed by atoms with van der Waals surface area (Å²) < 4.78 is 0. The topological polar surface area (TPSA) is 25.8 Å². The Hall–Kier alpha value is -6.64. The zero-order chi connectivity index (χ0) is 35.5. The van der Waals surface area contributed by atoms with E-state index >= 15 is 0 Å². The van der Waals surface area contributed by atoms with E-state index in [1.165, 1.54) is 66.1 Å². The fourth-order valence-corrected chi connectivity index (χ4v) is 8.31. The molecule has 53 heavy (non-hydrogen) atoms. The molecule has 0 aliphatic heterocycles. The van der Waals surface area contributed by atoms with Gasteiger partial charge in [0.05, 0.1) is 11.4 Å². The Morgan fingerprint density at radius 2 is 0.887 bits per heavy atom. The van der Waals surface area contributed by atoms with Crippen LogP contribution in [0.1, 0.15) is 25.0 Å². The van der Waals surface area contributed by atoms with Crippen LogP contribution in [0.2, 0.25) is 0 Å². The number of aromatic nitrogens is 2. The number of nitrogens with zero attached hydrogens (tertiary/aromatic N) is 2. The third kappa shape index (κ3) is 5.26. The molecule has 0 N–H and O–H groups in total. The first-order valence-electron chi connectivity index (χ1n) is 18.3. The standard InChI is InChI=1S/C51H36N2/c1-51(2)45-23-13-22-43(49(45)44-30-35-18-9-10-19-36(35)31-46(44)51)48-32-47(52-50(53-48)34-16-7-4-8-17-34)40-27-25-37-28-39(26-24-38(37)29-40)42-21-12-11-20-41(42)33-14-5-3-6-15-33/h3-32H,1-2H3. The van der Waals surface area contributed by atoms with Crippen LogP contribution in [0.25, 0.3) is 88.8 Å². The van der Waals surface area contributed by atoms with Gasteiger partial charge in [-0.3, -0.25) is 0 Å². The first-order valence-corrected chi connectivity index (χ1v) is 18.3. The quantitative estimate of drug-likeness (QED) is 0.181. The summed E-state index contributed by atoms with van der Waals surface area (Å²) in [6.45, 7) is 4.69. The molecule has 2 nitrogen and oxygen atoms in total. The molecule has 10 rings (SSSR count). The van der Waals surface area contributed by atoms with Crippen LogP contribution in [-0.2, 0) is 5.41 Å². The molecule has 0 atom stereocenters. The molecule has 0 bridgehead atoms. The van der Waals surface area contributed by atoms with E-state index in [1.807, 2.05) is 6.07 Å². The third-order valence-corrected chi connectivity index (χ3v) is 11.1. The Morgan fingerprint density at radius 1 is 0.340 bits per heavy atom. The zero-order valence-electron chi connectivity index (χ0n) is 29.7. The molecule has 1 aliphatic carbocycles. The lowest BCUT2D eigenvalue weighted by atomic mass is 9.81. The van der Waals surface area contributed by atoms with E-state index in [9.17, 15) is 0 Å². The normalized spacial score (nSPS) is 12.9. The molecule has 0 radical (unpaired) electrons. The van der Waals surface area contributed by atoms with Gasteiger partial charge in [0, 0.05) is 22.1 Å². The van der Waals surface area contributed by atoms with Crippen LogP contribution in [-0.4, -0.2) is 9.97 Å². The van der Waals surface area contributed by atoms with E-state index in [0.717, 1.165) is 33.9 Å². The average Bonchev–Trinajstić information content (AvgIpc) is 3.45. The minimum Gasteiger partial charge on any atom is -0.228 e. The fraction of sp³-hybridized carbons (Fsp3) is 0.0588. The van der Waals surface area contributed by atoms with Crippen molar-refractivity contribution in [2.24, 2.45) is 0 Å². The SMILES string of the molecule is CC1(C)c2cc3ccccc3cc2-c2c(-c3cc(-c4ccc5cc(-c6ccccc6-c6ccccc6)ccc5c4)nc(-c4ccccc4)n3)cccc21. The molecule has 0 saturated carbocycles. The molecule has 2 heteroatoms. The van der Waals surface area contributed by atoms with Crippen LogP contribution in [0.3, 0.4) is 0 Å². The van der Waals surface area contributed by atoms with E-state index in [1.54, 1.807) is 0 Å². The fourth-order valence-electron chi connectivity index (χ4n) is 8.31. The summed E-state index contributed by atoms with van der Waals surface area (Å²) in [5.41, 5.74) is 15.0. The van der Waals surface area contributed by atoms with Crippen LogP contribution in [0, 0.1) is 0 Å².